The van der Waals surface area contributed by atoms with Crippen LogP contribution in [0.1, 0.15) is 72.6 Å². The Bertz CT molecular complexity index is 739. The maximum Gasteiger partial charge on any atom is 0.308 e. The lowest BCUT2D eigenvalue weighted by Crippen LogP contribution is -2.55. The second-order valence-corrected chi connectivity index (χ2v) is 9.96. The van der Waals surface area contributed by atoms with Crippen LogP contribution >= 0.6 is 0 Å². The number of carbonyl (C=O) groups is 3. The zero-order valence-corrected chi connectivity index (χ0v) is 17.5. The molecular weight excluding hydrogens is 356 g/mol. The quantitative estimate of drug-likeness (QED) is 0.663. The molecule has 3 saturated carbocycles. The molecule has 28 heavy (non-hydrogen) atoms. The van der Waals surface area contributed by atoms with Crippen molar-refractivity contribution in [3.05, 3.63) is 11.8 Å². The summed E-state index contributed by atoms with van der Waals surface area (Å²) in [5.74, 6) is 1.25. The molecule has 5 nitrogen and oxygen atoms in total. The monoisotopic (exact) mass is 388 g/mol. The summed E-state index contributed by atoms with van der Waals surface area (Å²) in [6, 6.07) is 0. The highest BCUT2D eigenvalue weighted by atomic mass is 16.5. The molecule has 7 atom stereocenters. The van der Waals surface area contributed by atoms with Crippen LogP contribution in [0.25, 0.3) is 0 Å². The largest absolute Gasteiger partial charge is 0.462 e. The maximum atomic E-state index is 13.0. The highest BCUT2D eigenvalue weighted by Gasteiger charge is 2.62. The number of rotatable bonds is 2. The van der Waals surface area contributed by atoms with Gasteiger partial charge in [0.1, 0.15) is 6.10 Å². The van der Waals surface area contributed by atoms with Crippen LogP contribution in [0.3, 0.4) is 0 Å². The Labute approximate surface area is 167 Å². The minimum Gasteiger partial charge on any atom is -0.462 e. The fourth-order valence-corrected chi connectivity index (χ4v) is 7.36. The van der Waals surface area contributed by atoms with Crippen molar-refractivity contribution in [3.63, 3.8) is 0 Å². The third kappa shape index (κ3) is 2.84. The summed E-state index contributed by atoms with van der Waals surface area (Å²) < 4.78 is 10.9. The average molecular weight is 389 g/mol. The molecule has 0 aromatic rings. The Morgan fingerprint density at radius 2 is 1.68 bits per heavy atom. The molecule has 3 fully saturated rings. The van der Waals surface area contributed by atoms with E-state index in [-0.39, 0.29) is 40.4 Å². The highest BCUT2D eigenvalue weighted by Crippen LogP contribution is 2.66. The van der Waals surface area contributed by atoms with Gasteiger partial charge in [0.25, 0.3) is 0 Å². The number of hydrogen-bond donors (Lipinski definition) is 0. The predicted molar refractivity (Wildman–Crippen MR) is 103 cm³/mol. The first kappa shape index (κ1) is 19.7. The van der Waals surface area contributed by atoms with E-state index in [2.05, 4.69) is 13.8 Å². The predicted octanol–water partition coefficient (Wildman–Crippen LogP) is 4.20. The molecule has 0 heterocycles. The number of hydrogen-bond acceptors (Lipinski definition) is 5. The van der Waals surface area contributed by atoms with E-state index in [9.17, 15) is 14.4 Å². The summed E-state index contributed by atoms with van der Waals surface area (Å²) in [5, 5.41) is 0. The van der Waals surface area contributed by atoms with Gasteiger partial charge in [-0.2, -0.15) is 0 Å². The SMILES string of the molecule is CC(=O)OC1=CC[C@@]2(C)[C@@H](CC[C@@H]3[C@@H]2CC[C@]2(C)[C@@H](OC(C)=O)CC[C@@H]32)C1=O. The van der Waals surface area contributed by atoms with E-state index in [4.69, 9.17) is 9.47 Å². The Morgan fingerprint density at radius 1 is 0.964 bits per heavy atom. The van der Waals surface area contributed by atoms with Crippen molar-refractivity contribution < 1.29 is 23.9 Å². The Hall–Kier alpha value is -1.65. The zero-order chi connectivity index (χ0) is 20.3. The molecule has 0 bridgehead atoms. The summed E-state index contributed by atoms with van der Waals surface area (Å²) in [6.07, 6.45) is 8.77. The molecule has 154 valence electrons. The van der Waals surface area contributed by atoms with Gasteiger partial charge in [-0.1, -0.05) is 13.8 Å². The van der Waals surface area contributed by atoms with Crippen LogP contribution in [0, 0.1) is 34.5 Å². The van der Waals surface area contributed by atoms with Crippen LogP contribution in [0.5, 0.6) is 0 Å². The lowest BCUT2D eigenvalue weighted by atomic mass is 9.45. The second kappa shape index (κ2) is 6.70. The van der Waals surface area contributed by atoms with Crippen LogP contribution in [0.4, 0.5) is 0 Å². The van der Waals surface area contributed by atoms with Gasteiger partial charge in [-0.05, 0) is 74.2 Å². The topological polar surface area (TPSA) is 69.7 Å². The molecule has 0 aromatic carbocycles. The molecule has 0 N–H and O–H groups in total. The van der Waals surface area contributed by atoms with Gasteiger partial charge in [0.05, 0.1) is 0 Å². The van der Waals surface area contributed by atoms with E-state index in [0.717, 1.165) is 44.9 Å². The van der Waals surface area contributed by atoms with Gasteiger partial charge in [0.15, 0.2) is 5.76 Å². The van der Waals surface area contributed by atoms with Crippen molar-refractivity contribution in [1.82, 2.24) is 0 Å². The molecule has 0 aliphatic heterocycles. The molecular formula is C23H32O5. The average Bonchev–Trinajstić information content (AvgIpc) is 2.93. The fraction of sp³-hybridized carbons (Fsp3) is 0.783. The minimum absolute atomic E-state index is 0.0138. The van der Waals surface area contributed by atoms with Gasteiger partial charge in [-0.3, -0.25) is 14.4 Å². The number of fused-ring (bicyclic) bond motifs is 5. The standard InChI is InChI=1S/C23H32O5/c1-13(24)27-19-10-12-22(3)17-9-11-23(4)16(7-8-20(23)28-14(2)25)15(17)5-6-18(22)21(19)26/h10,15-18,20H,5-9,11-12H2,1-4H3/t15-,16-,17-,18-,20-,22+,23-/m0/s1. The summed E-state index contributed by atoms with van der Waals surface area (Å²) in [6.45, 7) is 7.44. The molecule has 0 unspecified atom stereocenters. The number of ether oxygens (including phenoxy) is 2. The molecule has 4 aliphatic rings. The van der Waals surface area contributed by atoms with Crippen molar-refractivity contribution in [2.24, 2.45) is 34.5 Å². The maximum absolute atomic E-state index is 13.0. The first-order valence-electron chi connectivity index (χ1n) is 10.8. The number of ketones is 1. The Kier molecular flexibility index (Phi) is 4.71. The third-order valence-electron chi connectivity index (χ3n) is 8.63. The molecule has 0 spiro atoms. The smallest absolute Gasteiger partial charge is 0.308 e. The van der Waals surface area contributed by atoms with E-state index in [1.807, 2.05) is 6.08 Å². The highest BCUT2D eigenvalue weighted by molar-refractivity contribution is 5.98. The van der Waals surface area contributed by atoms with Gasteiger partial charge in [-0.15, -0.1) is 0 Å². The van der Waals surface area contributed by atoms with E-state index in [0.29, 0.717) is 17.8 Å². The molecule has 4 rings (SSSR count). The summed E-state index contributed by atoms with van der Waals surface area (Å²) in [7, 11) is 0. The van der Waals surface area contributed by atoms with Crippen molar-refractivity contribution in [3.8, 4) is 0 Å². The summed E-state index contributed by atoms with van der Waals surface area (Å²) >= 11 is 0. The minimum atomic E-state index is -0.423. The lowest BCUT2D eigenvalue weighted by Gasteiger charge is -2.59. The first-order chi connectivity index (χ1) is 13.2. The van der Waals surface area contributed by atoms with E-state index >= 15 is 0 Å². The van der Waals surface area contributed by atoms with E-state index in [1.165, 1.54) is 13.8 Å². The number of carbonyl (C=O) groups excluding carboxylic acids is 3. The molecule has 0 aromatic heterocycles. The van der Waals surface area contributed by atoms with Crippen LogP contribution in [0.2, 0.25) is 0 Å². The second-order valence-electron chi connectivity index (χ2n) is 9.96. The van der Waals surface area contributed by atoms with Gasteiger partial charge < -0.3 is 9.47 Å². The normalized spacial score (nSPS) is 44.6. The number of allylic oxidation sites excluding steroid dienone is 2. The van der Waals surface area contributed by atoms with Crippen molar-refractivity contribution in [2.45, 2.75) is 78.7 Å². The van der Waals surface area contributed by atoms with Crippen LogP contribution < -0.4 is 0 Å². The first-order valence-corrected chi connectivity index (χ1v) is 10.8. The lowest BCUT2D eigenvalue weighted by molar-refractivity contribution is -0.162. The van der Waals surface area contributed by atoms with Crippen molar-refractivity contribution in [2.75, 3.05) is 0 Å². The molecule has 0 saturated heterocycles. The molecule has 4 aliphatic carbocycles. The zero-order valence-electron chi connectivity index (χ0n) is 17.5. The van der Waals surface area contributed by atoms with Gasteiger partial charge in [-0.25, -0.2) is 0 Å². The number of Topliss-reactive ketones (excluding diaryl/α,β-unsaturated/α-hetero) is 1. The van der Waals surface area contributed by atoms with Gasteiger partial charge in [0, 0.05) is 25.2 Å². The summed E-state index contributed by atoms with van der Waals surface area (Å²) in [4.78, 5) is 36.0. The van der Waals surface area contributed by atoms with E-state index in [1.54, 1.807) is 0 Å². The Balaban J connectivity index is 1.59. The Morgan fingerprint density at radius 3 is 2.36 bits per heavy atom. The van der Waals surface area contributed by atoms with Gasteiger partial charge >= 0.3 is 11.9 Å². The van der Waals surface area contributed by atoms with Crippen molar-refractivity contribution >= 4 is 17.7 Å². The fourth-order valence-electron chi connectivity index (χ4n) is 7.36. The number of esters is 2. The van der Waals surface area contributed by atoms with Crippen LogP contribution in [-0.4, -0.2) is 23.8 Å². The third-order valence-corrected chi connectivity index (χ3v) is 8.63. The van der Waals surface area contributed by atoms with Crippen LogP contribution in [-0.2, 0) is 23.9 Å². The van der Waals surface area contributed by atoms with Crippen LogP contribution in [0.15, 0.2) is 11.8 Å². The molecule has 0 radical (unpaired) electrons. The summed E-state index contributed by atoms with van der Waals surface area (Å²) in [5.41, 5.74) is -0.00204. The molecule has 0 amide bonds. The van der Waals surface area contributed by atoms with Gasteiger partial charge in [0.2, 0.25) is 5.78 Å². The molecule has 5 heteroatoms. The van der Waals surface area contributed by atoms with E-state index < -0.39 is 5.97 Å². The van der Waals surface area contributed by atoms with Crippen molar-refractivity contribution in [1.29, 1.82) is 0 Å².